The van der Waals surface area contributed by atoms with Crippen molar-refractivity contribution < 1.29 is 4.79 Å². The molecule has 1 aliphatic heterocycles. The topological polar surface area (TPSA) is 29.1 Å². The number of rotatable bonds is 3. The summed E-state index contributed by atoms with van der Waals surface area (Å²) in [7, 11) is 0. The molecule has 0 aromatic heterocycles. The van der Waals surface area contributed by atoms with Gasteiger partial charge in [0.05, 0.1) is 6.04 Å². The van der Waals surface area contributed by atoms with Crippen molar-refractivity contribution in [2.45, 2.75) is 6.04 Å². The van der Waals surface area contributed by atoms with Gasteiger partial charge in [0, 0.05) is 5.56 Å². The van der Waals surface area contributed by atoms with Crippen molar-refractivity contribution in [2.75, 3.05) is 0 Å². The Labute approximate surface area is 118 Å². The van der Waals surface area contributed by atoms with E-state index in [9.17, 15) is 4.79 Å². The Hall–Kier alpha value is -2.61. The van der Waals surface area contributed by atoms with Crippen LogP contribution in [0.25, 0.3) is 6.08 Å². The highest BCUT2D eigenvalue weighted by molar-refractivity contribution is 6.04. The maximum atomic E-state index is 12.1. The van der Waals surface area contributed by atoms with Crippen LogP contribution in [0.4, 0.5) is 0 Å². The molecule has 0 amide bonds. The van der Waals surface area contributed by atoms with Crippen LogP contribution in [0, 0.1) is 0 Å². The van der Waals surface area contributed by atoms with Gasteiger partial charge in [-0.2, -0.15) is 0 Å². The van der Waals surface area contributed by atoms with Gasteiger partial charge >= 0.3 is 0 Å². The molecule has 2 aromatic rings. The molecule has 1 N–H and O–H groups in total. The van der Waals surface area contributed by atoms with Gasteiger partial charge in [0.1, 0.15) is 0 Å². The summed E-state index contributed by atoms with van der Waals surface area (Å²) in [6.07, 6.45) is 7.52. The van der Waals surface area contributed by atoms with E-state index in [1.165, 1.54) is 11.1 Å². The minimum atomic E-state index is 0.0273. The predicted octanol–water partition coefficient (Wildman–Crippen LogP) is 3.74. The predicted molar refractivity (Wildman–Crippen MR) is 81.3 cm³/mol. The molecule has 1 atom stereocenters. The Morgan fingerprint density at radius 2 is 1.75 bits per heavy atom. The van der Waals surface area contributed by atoms with Crippen molar-refractivity contribution in [3.63, 3.8) is 0 Å². The maximum absolute atomic E-state index is 12.1. The second-order valence-corrected chi connectivity index (χ2v) is 4.70. The second-order valence-electron chi connectivity index (χ2n) is 4.70. The first-order chi connectivity index (χ1) is 9.84. The van der Waals surface area contributed by atoms with E-state index in [2.05, 4.69) is 17.4 Å². The third kappa shape index (κ3) is 2.54. The summed E-state index contributed by atoms with van der Waals surface area (Å²) in [4.78, 5) is 12.1. The summed E-state index contributed by atoms with van der Waals surface area (Å²) in [5.41, 5.74) is 3.09. The van der Waals surface area contributed by atoms with Crippen molar-refractivity contribution in [1.29, 1.82) is 0 Å². The molecule has 2 nitrogen and oxygen atoms in total. The number of benzene rings is 2. The lowest BCUT2D eigenvalue weighted by molar-refractivity contribution is 0.104. The molecular formula is C18H15NO. The fraction of sp³-hybridized carbons (Fsp3) is 0.0556. The Morgan fingerprint density at radius 3 is 2.60 bits per heavy atom. The number of ketones is 1. The molecule has 98 valence electrons. The van der Waals surface area contributed by atoms with Crippen LogP contribution >= 0.6 is 0 Å². The zero-order chi connectivity index (χ0) is 13.8. The number of fused-ring (bicyclic) bond motifs is 1. The SMILES string of the molecule is O=C(C=CC1NC=Cc2ccccc21)c1ccccc1. The third-order valence-electron chi connectivity index (χ3n) is 3.37. The normalized spacial score (nSPS) is 16.7. The monoisotopic (exact) mass is 261 g/mol. The molecule has 1 heterocycles. The maximum Gasteiger partial charge on any atom is 0.185 e. The standard InChI is InChI=1S/C18H15NO/c20-18(15-7-2-1-3-8-15)11-10-17-16-9-5-4-6-14(16)12-13-19-17/h1-13,17,19H. The molecule has 20 heavy (non-hydrogen) atoms. The van der Waals surface area contributed by atoms with Crippen LogP contribution in [0.2, 0.25) is 0 Å². The molecule has 0 spiro atoms. The molecule has 1 unspecified atom stereocenters. The van der Waals surface area contributed by atoms with Gasteiger partial charge in [-0.25, -0.2) is 0 Å². The molecule has 0 bridgehead atoms. The third-order valence-corrected chi connectivity index (χ3v) is 3.37. The number of carbonyl (C=O) groups excluding carboxylic acids is 1. The van der Waals surface area contributed by atoms with Gasteiger partial charge in [0.2, 0.25) is 0 Å². The van der Waals surface area contributed by atoms with E-state index in [-0.39, 0.29) is 11.8 Å². The average molecular weight is 261 g/mol. The molecule has 2 aromatic carbocycles. The van der Waals surface area contributed by atoms with Crippen molar-refractivity contribution in [2.24, 2.45) is 0 Å². The zero-order valence-electron chi connectivity index (χ0n) is 11.0. The minimum Gasteiger partial charge on any atom is -0.381 e. The van der Waals surface area contributed by atoms with Crippen LogP contribution in [0.3, 0.4) is 0 Å². The van der Waals surface area contributed by atoms with Gasteiger partial charge in [0.25, 0.3) is 0 Å². The molecule has 0 saturated heterocycles. The smallest absolute Gasteiger partial charge is 0.185 e. The van der Waals surface area contributed by atoms with Gasteiger partial charge in [-0.3, -0.25) is 4.79 Å². The zero-order valence-corrected chi connectivity index (χ0v) is 11.0. The summed E-state index contributed by atoms with van der Waals surface area (Å²) in [6, 6.07) is 17.5. The van der Waals surface area contributed by atoms with Crippen LogP contribution < -0.4 is 5.32 Å². The van der Waals surface area contributed by atoms with E-state index in [1.807, 2.05) is 60.8 Å². The molecule has 1 aliphatic rings. The lowest BCUT2D eigenvalue weighted by atomic mass is 9.97. The Balaban J connectivity index is 1.80. The van der Waals surface area contributed by atoms with Crippen LogP contribution in [0.15, 0.2) is 72.9 Å². The molecule has 0 saturated carbocycles. The van der Waals surface area contributed by atoms with E-state index < -0.39 is 0 Å². The van der Waals surface area contributed by atoms with Crippen molar-refractivity contribution in [3.8, 4) is 0 Å². The molecule has 0 aliphatic carbocycles. The average Bonchev–Trinajstić information content (AvgIpc) is 2.53. The van der Waals surface area contributed by atoms with E-state index >= 15 is 0 Å². The lowest BCUT2D eigenvalue weighted by Crippen LogP contribution is -2.17. The second kappa shape index (κ2) is 5.57. The summed E-state index contributed by atoms with van der Waals surface area (Å²) in [5, 5.41) is 3.26. The van der Waals surface area contributed by atoms with Crippen LogP contribution in [-0.4, -0.2) is 5.78 Å². The quantitative estimate of drug-likeness (QED) is 0.673. The number of hydrogen-bond donors (Lipinski definition) is 1. The van der Waals surface area contributed by atoms with Crippen LogP contribution in [-0.2, 0) is 0 Å². The van der Waals surface area contributed by atoms with Gasteiger partial charge in [0.15, 0.2) is 5.78 Å². The number of nitrogens with one attached hydrogen (secondary N) is 1. The highest BCUT2D eigenvalue weighted by Gasteiger charge is 2.13. The summed E-state index contributed by atoms with van der Waals surface area (Å²) in [6.45, 7) is 0. The fourth-order valence-electron chi connectivity index (χ4n) is 2.32. The Kier molecular flexibility index (Phi) is 3.46. The summed E-state index contributed by atoms with van der Waals surface area (Å²) in [5.74, 6) is 0.0273. The van der Waals surface area contributed by atoms with Crippen molar-refractivity contribution >= 4 is 11.9 Å². The van der Waals surface area contributed by atoms with Gasteiger partial charge in [-0.1, -0.05) is 60.7 Å². The van der Waals surface area contributed by atoms with E-state index in [0.29, 0.717) is 5.56 Å². The van der Waals surface area contributed by atoms with Crippen LogP contribution in [0.1, 0.15) is 27.5 Å². The first-order valence-electron chi connectivity index (χ1n) is 6.64. The Morgan fingerprint density at radius 1 is 1.00 bits per heavy atom. The largest absolute Gasteiger partial charge is 0.381 e. The summed E-state index contributed by atoms with van der Waals surface area (Å²) >= 11 is 0. The van der Waals surface area contributed by atoms with Gasteiger partial charge in [-0.05, 0) is 29.5 Å². The summed E-state index contributed by atoms with van der Waals surface area (Å²) < 4.78 is 0. The lowest BCUT2D eigenvalue weighted by Gasteiger charge is -2.20. The highest BCUT2D eigenvalue weighted by atomic mass is 16.1. The minimum absolute atomic E-state index is 0.0273. The van der Waals surface area contributed by atoms with Crippen LogP contribution in [0.5, 0.6) is 0 Å². The molecule has 0 radical (unpaired) electrons. The number of allylic oxidation sites excluding steroid dienone is 1. The van der Waals surface area contributed by atoms with E-state index in [0.717, 1.165) is 0 Å². The molecule has 2 heteroatoms. The van der Waals surface area contributed by atoms with Crippen molar-refractivity contribution in [3.05, 3.63) is 89.6 Å². The number of carbonyl (C=O) groups is 1. The highest BCUT2D eigenvalue weighted by Crippen LogP contribution is 2.24. The van der Waals surface area contributed by atoms with E-state index in [1.54, 1.807) is 6.08 Å². The molecule has 0 fully saturated rings. The molecule has 3 rings (SSSR count). The first-order valence-corrected chi connectivity index (χ1v) is 6.64. The van der Waals surface area contributed by atoms with E-state index in [4.69, 9.17) is 0 Å². The fourth-order valence-corrected chi connectivity index (χ4v) is 2.32. The molecular weight excluding hydrogens is 246 g/mol. The first kappa shape index (κ1) is 12.4. The number of hydrogen-bond acceptors (Lipinski definition) is 2. The van der Waals surface area contributed by atoms with Gasteiger partial charge < -0.3 is 5.32 Å². The Bertz CT molecular complexity index is 671. The van der Waals surface area contributed by atoms with Gasteiger partial charge in [-0.15, -0.1) is 0 Å². The van der Waals surface area contributed by atoms with Crippen molar-refractivity contribution in [1.82, 2.24) is 5.32 Å².